The molecule has 1 fully saturated rings. The Bertz CT molecular complexity index is 498. The number of hydrogen-bond acceptors (Lipinski definition) is 4. The molecule has 0 bridgehead atoms. The van der Waals surface area contributed by atoms with Crippen molar-refractivity contribution in [3.63, 3.8) is 0 Å². The van der Waals surface area contributed by atoms with Crippen molar-refractivity contribution in [1.29, 1.82) is 0 Å². The molecule has 0 spiro atoms. The Balaban J connectivity index is 0.00000264. The molecule has 2 atom stereocenters. The maximum atomic E-state index is 10.6. The van der Waals surface area contributed by atoms with Gasteiger partial charge in [-0.2, -0.15) is 5.10 Å². The predicted molar refractivity (Wildman–Crippen MR) is 101 cm³/mol. The van der Waals surface area contributed by atoms with Gasteiger partial charge in [-0.25, -0.2) is 4.99 Å². The van der Waals surface area contributed by atoms with Crippen LogP contribution in [-0.2, 0) is 17.4 Å². The fourth-order valence-corrected chi connectivity index (χ4v) is 2.38. The van der Waals surface area contributed by atoms with E-state index in [9.17, 15) is 5.11 Å². The highest BCUT2D eigenvalue weighted by atomic mass is 127. The highest BCUT2D eigenvalue weighted by molar-refractivity contribution is 14.0. The zero-order valence-corrected chi connectivity index (χ0v) is 16.4. The molecule has 3 N–H and O–H groups in total. The molecule has 0 amide bonds. The zero-order valence-electron chi connectivity index (χ0n) is 14.1. The fourth-order valence-electron chi connectivity index (χ4n) is 2.38. The van der Waals surface area contributed by atoms with Gasteiger partial charge < -0.3 is 20.5 Å². The van der Waals surface area contributed by atoms with Gasteiger partial charge in [-0.3, -0.25) is 4.68 Å². The van der Waals surface area contributed by atoms with Crippen molar-refractivity contribution in [2.75, 3.05) is 26.2 Å². The van der Waals surface area contributed by atoms with E-state index in [0.29, 0.717) is 5.96 Å². The minimum atomic E-state index is -1.04. The molecule has 1 aromatic heterocycles. The van der Waals surface area contributed by atoms with Crippen molar-refractivity contribution in [3.8, 4) is 0 Å². The van der Waals surface area contributed by atoms with Crippen LogP contribution in [0, 0.1) is 0 Å². The number of ether oxygens (including phenoxy) is 1. The van der Waals surface area contributed by atoms with Gasteiger partial charge in [-0.15, -0.1) is 24.0 Å². The lowest BCUT2D eigenvalue weighted by molar-refractivity contribution is 0.0671. The molecule has 8 heteroatoms. The van der Waals surface area contributed by atoms with E-state index in [2.05, 4.69) is 20.7 Å². The maximum Gasteiger partial charge on any atom is 0.191 e. The summed E-state index contributed by atoms with van der Waals surface area (Å²) in [6, 6.07) is 0. The Kier molecular flexibility index (Phi) is 8.27. The molecule has 2 heterocycles. The number of nitrogens with one attached hydrogen (secondary N) is 2. The van der Waals surface area contributed by atoms with Crippen LogP contribution in [0.3, 0.4) is 0 Å². The van der Waals surface area contributed by atoms with Gasteiger partial charge in [0.25, 0.3) is 0 Å². The first-order valence-electron chi connectivity index (χ1n) is 7.86. The number of rotatable bonds is 6. The van der Waals surface area contributed by atoms with Gasteiger partial charge >= 0.3 is 0 Å². The van der Waals surface area contributed by atoms with Crippen molar-refractivity contribution in [1.82, 2.24) is 20.4 Å². The Morgan fingerprint density at radius 3 is 2.91 bits per heavy atom. The second kappa shape index (κ2) is 9.43. The molecule has 2 unspecified atom stereocenters. The van der Waals surface area contributed by atoms with E-state index < -0.39 is 5.60 Å². The van der Waals surface area contributed by atoms with Gasteiger partial charge in [0.2, 0.25) is 0 Å². The number of hydrogen-bond donors (Lipinski definition) is 3. The SMILES string of the molecule is CCNC(=NCC(C)(O)c1cnn(C)c1)NCC1CCCO1.I. The van der Waals surface area contributed by atoms with Gasteiger partial charge in [0.1, 0.15) is 5.60 Å². The molecular formula is C15H28IN5O2. The predicted octanol–water partition coefficient (Wildman–Crippen LogP) is 0.980. The lowest BCUT2D eigenvalue weighted by Crippen LogP contribution is -2.42. The van der Waals surface area contributed by atoms with E-state index >= 15 is 0 Å². The molecule has 0 aliphatic carbocycles. The van der Waals surface area contributed by atoms with Crippen molar-refractivity contribution in [2.45, 2.75) is 38.4 Å². The lowest BCUT2D eigenvalue weighted by atomic mass is 10.0. The van der Waals surface area contributed by atoms with E-state index in [-0.39, 0.29) is 36.6 Å². The van der Waals surface area contributed by atoms with Crippen LogP contribution in [0.15, 0.2) is 17.4 Å². The van der Waals surface area contributed by atoms with Crippen molar-refractivity contribution in [3.05, 3.63) is 18.0 Å². The van der Waals surface area contributed by atoms with Crippen molar-refractivity contribution >= 4 is 29.9 Å². The summed E-state index contributed by atoms with van der Waals surface area (Å²) in [5.41, 5.74) is -0.283. The Labute approximate surface area is 154 Å². The minimum absolute atomic E-state index is 0. The van der Waals surface area contributed by atoms with Crippen LogP contribution >= 0.6 is 24.0 Å². The quantitative estimate of drug-likeness (QED) is 0.351. The molecule has 1 aromatic rings. The summed E-state index contributed by atoms with van der Waals surface area (Å²) in [6.45, 7) is 6.38. The first kappa shape index (κ1) is 20.2. The Hall–Kier alpha value is -0.870. The summed E-state index contributed by atoms with van der Waals surface area (Å²) in [5.74, 6) is 0.696. The monoisotopic (exact) mass is 437 g/mol. The molecule has 132 valence electrons. The third-order valence-electron chi connectivity index (χ3n) is 3.74. The lowest BCUT2D eigenvalue weighted by Gasteiger charge is -2.21. The fraction of sp³-hybridized carbons (Fsp3) is 0.733. The minimum Gasteiger partial charge on any atom is -0.383 e. The standard InChI is InChI=1S/C15H27N5O2.HI/c1-4-16-14(17-9-13-6-5-7-22-13)18-11-15(2,21)12-8-19-20(3)10-12;/h8,10,13,21H,4-7,9,11H2,1-3H3,(H2,16,17,18);1H. The van der Waals surface area contributed by atoms with Crippen LogP contribution in [0.2, 0.25) is 0 Å². The summed E-state index contributed by atoms with van der Waals surface area (Å²) < 4.78 is 7.27. The molecule has 1 aliphatic heterocycles. The molecule has 2 rings (SSSR count). The van der Waals surface area contributed by atoms with Crippen LogP contribution in [0.4, 0.5) is 0 Å². The number of guanidine groups is 1. The Morgan fingerprint density at radius 1 is 1.57 bits per heavy atom. The van der Waals surface area contributed by atoms with E-state index in [0.717, 1.165) is 38.1 Å². The highest BCUT2D eigenvalue weighted by Crippen LogP contribution is 2.19. The normalized spacial score (nSPS) is 20.7. The van der Waals surface area contributed by atoms with Gasteiger partial charge in [-0.05, 0) is 26.7 Å². The average molecular weight is 437 g/mol. The number of aromatic nitrogens is 2. The number of aliphatic imine (C=N–C) groups is 1. The smallest absolute Gasteiger partial charge is 0.191 e. The van der Waals surface area contributed by atoms with E-state index in [4.69, 9.17) is 4.74 Å². The van der Waals surface area contributed by atoms with Gasteiger partial charge in [0.15, 0.2) is 5.96 Å². The summed E-state index contributed by atoms with van der Waals surface area (Å²) in [5, 5.41) is 21.1. The second-order valence-corrected chi connectivity index (χ2v) is 5.89. The number of nitrogens with zero attached hydrogens (tertiary/aromatic N) is 3. The average Bonchev–Trinajstić information content (AvgIpc) is 3.13. The summed E-state index contributed by atoms with van der Waals surface area (Å²) in [4.78, 5) is 4.48. The summed E-state index contributed by atoms with van der Waals surface area (Å²) >= 11 is 0. The molecule has 1 aliphatic rings. The van der Waals surface area contributed by atoms with Gasteiger partial charge in [-0.1, -0.05) is 0 Å². The molecule has 0 aromatic carbocycles. The van der Waals surface area contributed by atoms with E-state index in [1.54, 1.807) is 17.8 Å². The molecule has 7 nitrogen and oxygen atoms in total. The molecule has 1 saturated heterocycles. The number of aliphatic hydroxyl groups is 1. The Morgan fingerprint density at radius 2 is 2.35 bits per heavy atom. The summed E-state index contributed by atoms with van der Waals surface area (Å²) in [7, 11) is 1.83. The van der Waals surface area contributed by atoms with Gasteiger partial charge in [0.05, 0.1) is 18.8 Å². The highest BCUT2D eigenvalue weighted by Gasteiger charge is 2.24. The third-order valence-corrected chi connectivity index (χ3v) is 3.74. The second-order valence-electron chi connectivity index (χ2n) is 5.89. The van der Waals surface area contributed by atoms with E-state index in [1.165, 1.54) is 0 Å². The van der Waals surface area contributed by atoms with E-state index in [1.807, 2.05) is 20.2 Å². The molecule has 0 saturated carbocycles. The topological polar surface area (TPSA) is 83.7 Å². The number of aryl methyl sites for hydroxylation is 1. The zero-order chi connectivity index (χ0) is 16.0. The molecular weight excluding hydrogens is 409 g/mol. The molecule has 0 radical (unpaired) electrons. The van der Waals surface area contributed by atoms with Crippen LogP contribution in [0.1, 0.15) is 32.3 Å². The van der Waals surface area contributed by atoms with Crippen molar-refractivity contribution in [2.24, 2.45) is 12.0 Å². The van der Waals surface area contributed by atoms with Crippen LogP contribution in [0.25, 0.3) is 0 Å². The summed E-state index contributed by atoms with van der Waals surface area (Å²) in [6.07, 6.45) is 5.93. The largest absolute Gasteiger partial charge is 0.383 e. The number of halogens is 1. The maximum absolute atomic E-state index is 10.6. The third kappa shape index (κ3) is 6.27. The van der Waals surface area contributed by atoms with Crippen LogP contribution in [-0.4, -0.2) is 53.2 Å². The first-order chi connectivity index (χ1) is 10.5. The van der Waals surface area contributed by atoms with Gasteiger partial charge in [0, 0.05) is 38.5 Å². The molecule has 23 heavy (non-hydrogen) atoms. The van der Waals surface area contributed by atoms with Crippen LogP contribution in [0.5, 0.6) is 0 Å². The first-order valence-corrected chi connectivity index (χ1v) is 7.86. The van der Waals surface area contributed by atoms with Crippen molar-refractivity contribution < 1.29 is 9.84 Å². The van der Waals surface area contributed by atoms with Crippen LogP contribution < -0.4 is 10.6 Å².